The van der Waals surface area contributed by atoms with Crippen LogP contribution in [-0.4, -0.2) is 24.5 Å². The first-order chi connectivity index (χ1) is 13.6. The van der Waals surface area contributed by atoms with Gasteiger partial charge in [-0.05, 0) is 29.8 Å². The van der Waals surface area contributed by atoms with Crippen molar-refractivity contribution in [2.45, 2.75) is 0 Å². The van der Waals surface area contributed by atoms with Crippen molar-refractivity contribution in [3.05, 3.63) is 107 Å². The lowest BCUT2D eigenvalue weighted by Gasteiger charge is -2.20. The molecule has 0 radical (unpaired) electrons. The first-order valence-electron chi connectivity index (χ1n) is 8.78. The van der Waals surface area contributed by atoms with E-state index in [-0.39, 0.29) is 22.5 Å². The van der Waals surface area contributed by atoms with Gasteiger partial charge in [0.25, 0.3) is 0 Å². The minimum atomic E-state index is -0.477. The number of ether oxygens (including phenoxy) is 1. The Kier molecular flexibility index (Phi) is 4.45. The van der Waals surface area contributed by atoms with Crippen molar-refractivity contribution in [2.75, 3.05) is 7.11 Å². The molecule has 3 aromatic rings. The van der Waals surface area contributed by atoms with Gasteiger partial charge in [0.05, 0.1) is 12.7 Å². The summed E-state index contributed by atoms with van der Waals surface area (Å²) in [5.41, 5.74) is 1.49. The Morgan fingerprint density at radius 2 is 1.29 bits per heavy atom. The monoisotopic (exact) mass is 368 g/mol. The second-order valence-electron chi connectivity index (χ2n) is 6.38. The minimum absolute atomic E-state index is 0.0972. The molecule has 4 nitrogen and oxygen atoms in total. The van der Waals surface area contributed by atoms with E-state index in [2.05, 4.69) is 0 Å². The summed E-state index contributed by atoms with van der Waals surface area (Å²) in [4.78, 5) is 39.7. The van der Waals surface area contributed by atoms with Crippen LogP contribution < -0.4 is 4.74 Å². The number of rotatable bonds is 4. The van der Waals surface area contributed by atoms with Crippen molar-refractivity contribution in [1.82, 2.24) is 0 Å². The van der Waals surface area contributed by atoms with E-state index in [1.165, 1.54) is 7.11 Å². The quantitative estimate of drug-likeness (QED) is 0.505. The average Bonchev–Trinajstić information content (AvgIpc) is 2.76. The molecule has 0 N–H and O–H groups in total. The van der Waals surface area contributed by atoms with Gasteiger partial charge in [-0.2, -0.15) is 0 Å². The van der Waals surface area contributed by atoms with Crippen molar-refractivity contribution >= 4 is 22.9 Å². The molecule has 1 aliphatic carbocycles. The Bertz CT molecular complexity index is 1120. The highest BCUT2D eigenvalue weighted by Crippen LogP contribution is 2.34. The molecule has 136 valence electrons. The van der Waals surface area contributed by atoms with Crippen LogP contribution in [0.25, 0.3) is 5.57 Å². The summed E-state index contributed by atoms with van der Waals surface area (Å²) in [6, 6.07) is 21.9. The number of ketones is 3. The number of carbonyl (C=O) groups excluding carboxylic acids is 3. The fraction of sp³-hybridized carbons (Fsp3) is 0.0417. The van der Waals surface area contributed by atoms with Crippen LogP contribution in [-0.2, 0) is 0 Å². The van der Waals surface area contributed by atoms with Crippen molar-refractivity contribution in [1.29, 1.82) is 0 Å². The average molecular weight is 368 g/mol. The smallest absolute Gasteiger partial charge is 0.198 e. The van der Waals surface area contributed by atoms with Gasteiger partial charge >= 0.3 is 0 Å². The Labute approximate surface area is 162 Å². The Balaban J connectivity index is 1.94. The van der Waals surface area contributed by atoms with E-state index in [9.17, 15) is 14.4 Å². The highest BCUT2D eigenvalue weighted by molar-refractivity contribution is 6.49. The Hall–Kier alpha value is -3.79. The molecule has 4 heteroatoms. The van der Waals surface area contributed by atoms with Crippen molar-refractivity contribution in [3.63, 3.8) is 0 Å². The molecular formula is C24H16O4. The van der Waals surface area contributed by atoms with Gasteiger partial charge in [-0.15, -0.1) is 0 Å². The third kappa shape index (κ3) is 2.85. The number of Topliss-reactive ketones (excluding diaryl/α,β-unsaturated/α-hetero) is 3. The van der Waals surface area contributed by atoms with Crippen LogP contribution in [0.15, 0.2) is 84.4 Å². The first-order valence-corrected chi connectivity index (χ1v) is 8.78. The summed E-state index contributed by atoms with van der Waals surface area (Å²) in [7, 11) is 1.53. The molecule has 1 aliphatic rings. The maximum atomic E-state index is 13.3. The number of methoxy groups -OCH3 is 1. The van der Waals surface area contributed by atoms with Gasteiger partial charge in [0.2, 0.25) is 0 Å². The molecule has 4 rings (SSSR count). The molecular weight excluding hydrogens is 352 g/mol. The number of hydrogen-bond donors (Lipinski definition) is 0. The van der Waals surface area contributed by atoms with Crippen LogP contribution in [0.2, 0.25) is 0 Å². The van der Waals surface area contributed by atoms with Crippen LogP contribution in [0, 0.1) is 0 Å². The predicted octanol–water partition coefficient (Wildman–Crippen LogP) is 4.41. The van der Waals surface area contributed by atoms with Crippen LogP contribution >= 0.6 is 0 Å². The molecule has 0 bridgehead atoms. The zero-order valence-electron chi connectivity index (χ0n) is 15.1. The molecule has 0 unspecified atom stereocenters. The Morgan fingerprint density at radius 1 is 0.714 bits per heavy atom. The topological polar surface area (TPSA) is 60.4 Å². The van der Waals surface area contributed by atoms with E-state index >= 15 is 0 Å². The summed E-state index contributed by atoms with van der Waals surface area (Å²) in [6.45, 7) is 0. The molecule has 0 spiro atoms. The second kappa shape index (κ2) is 7.08. The van der Waals surface area contributed by atoms with Crippen LogP contribution in [0.5, 0.6) is 5.75 Å². The van der Waals surface area contributed by atoms with Gasteiger partial charge < -0.3 is 4.74 Å². The number of allylic oxidation sites excluding steroid dienone is 2. The minimum Gasteiger partial charge on any atom is -0.497 e. The molecule has 3 aromatic carbocycles. The number of fused-ring (bicyclic) bond motifs is 1. The molecule has 0 atom stereocenters. The third-order valence-corrected chi connectivity index (χ3v) is 4.76. The third-order valence-electron chi connectivity index (χ3n) is 4.76. The Morgan fingerprint density at radius 3 is 1.89 bits per heavy atom. The van der Waals surface area contributed by atoms with E-state index in [1.54, 1.807) is 72.8 Å². The van der Waals surface area contributed by atoms with E-state index in [4.69, 9.17) is 4.74 Å². The number of carbonyl (C=O) groups is 3. The fourth-order valence-electron chi connectivity index (χ4n) is 3.36. The molecule has 28 heavy (non-hydrogen) atoms. The normalized spacial score (nSPS) is 13.3. The van der Waals surface area contributed by atoms with E-state index in [0.29, 0.717) is 22.4 Å². The molecule has 0 aliphatic heterocycles. The molecule has 0 heterocycles. The second-order valence-corrected chi connectivity index (χ2v) is 6.38. The zero-order chi connectivity index (χ0) is 19.7. The molecule has 0 saturated heterocycles. The summed E-state index contributed by atoms with van der Waals surface area (Å²) in [5.74, 6) is -0.632. The van der Waals surface area contributed by atoms with Gasteiger partial charge in [0, 0.05) is 22.3 Å². The molecule has 0 saturated carbocycles. The lowest BCUT2D eigenvalue weighted by atomic mass is 9.78. The standard InChI is InChI=1S/C24H16O4/c1-28-17-13-11-16(12-14-17)22(25)21-20(15-7-3-2-4-8-15)23(26)18-9-5-6-10-19(18)24(21)27/h2-14H,1H3. The molecule has 0 amide bonds. The summed E-state index contributed by atoms with van der Waals surface area (Å²) >= 11 is 0. The van der Waals surface area contributed by atoms with Crippen molar-refractivity contribution in [2.24, 2.45) is 0 Å². The highest BCUT2D eigenvalue weighted by atomic mass is 16.5. The van der Waals surface area contributed by atoms with E-state index in [1.807, 2.05) is 6.07 Å². The van der Waals surface area contributed by atoms with Crippen LogP contribution in [0.3, 0.4) is 0 Å². The van der Waals surface area contributed by atoms with E-state index in [0.717, 1.165) is 0 Å². The molecule has 0 aromatic heterocycles. The van der Waals surface area contributed by atoms with Gasteiger partial charge in [0.15, 0.2) is 17.3 Å². The lowest BCUT2D eigenvalue weighted by molar-refractivity contribution is 0.0940. The van der Waals surface area contributed by atoms with Gasteiger partial charge in [-0.1, -0.05) is 54.6 Å². The number of benzene rings is 3. The lowest BCUT2D eigenvalue weighted by Crippen LogP contribution is -2.26. The maximum Gasteiger partial charge on any atom is 0.198 e. The summed E-state index contributed by atoms with van der Waals surface area (Å²) < 4.78 is 5.13. The zero-order valence-corrected chi connectivity index (χ0v) is 15.1. The first kappa shape index (κ1) is 17.6. The summed E-state index contributed by atoms with van der Waals surface area (Å²) in [6.07, 6.45) is 0. The van der Waals surface area contributed by atoms with Crippen LogP contribution in [0.1, 0.15) is 36.6 Å². The van der Waals surface area contributed by atoms with E-state index < -0.39 is 11.6 Å². The summed E-state index contributed by atoms with van der Waals surface area (Å²) in [5, 5.41) is 0. The van der Waals surface area contributed by atoms with Crippen LogP contribution in [0.4, 0.5) is 0 Å². The maximum absolute atomic E-state index is 13.3. The molecule has 0 fully saturated rings. The highest BCUT2D eigenvalue weighted by Gasteiger charge is 2.36. The van der Waals surface area contributed by atoms with Gasteiger partial charge in [-0.3, -0.25) is 14.4 Å². The fourth-order valence-corrected chi connectivity index (χ4v) is 3.36. The SMILES string of the molecule is COc1ccc(C(=O)C2=C(c3ccccc3)C(=O)c3ccccc3C2=O)cc1. The predicted molar refractivity (Wildman–Crippen MR) is 106 cm³/mol. The van der Waals surface area contributed by atoms with Gasteiger partial charge in [0.1, 0.15) is 5.75 Å². The number of hydrogen-bond acceptors (Lipinski definition) is 4. The van der Waals surface area contributed by atoms with Gasteiger partial charge in [-0.25, -0.2) is 0 Å². The largest absolute Gasteiger partial charge is 0.497 e. The van der Waals surface area contributed by atoms with Crippen molar-refractivity contribution < 1.29 is 19.1 Å². The van der Waals surface area contributed by atoms with Crippen molar-refractivity contribution in [3.8, 4) is 5.75 Å².